The Bertz CT molecular complexity index is 915. The predicted octanol–water partition coefficient (Wildman–Crippen LogP) is 4.37. The van der Waals surface area contributed by atoms with Gasteiger partial charge in [0.2, 0.25) is 5.91 Å². The molecular formula is C25H38N4O2. The molecule has 6 nitrogen and oxygen atoms in total. The van der Waals surface area contributed by atoms with Gasteiger partial charge in [-0.2, -0.15) is 0 Å². The second kappa shape index (κ2) is 11.4. The quantitative estimate of drug-likeness (QED) is 0.529. The van der Waals surface area contributed by atoms with Gasteiger partial charge in [-0.05, 0) is 31.9 Å². The average molecular weight is 427 g/mol. The van der Waals surface area contributed by atoms with Crippen molar-refractivity contribution in [2.24, 2.45) is 0 Å². The Kier molecular flexibility index (Phi) is 8.64. The molecule has 1 atom stereocenters. The first-order valence-electron chi connectivity index (χ1n) is 12.1. The molecule has 31 heavy (non-hydrogen) atoms. The van der Waals surface area contributed by atoms with Crippen LogP contribution in [0.4, 0.5) is 0 Å². The molecule has 1 fully saturated rings. The van der Waals surface area contributed by atoms with E-state index in [1.165, 1.54) is 19.3 Å². The van der Waals surface area contributed by atoms with E-state index in [1.807, 2.05) is 40.7 Å². The van der Waals surface area contributed by atoms with Crippen molar-refractivity contribution in [3.8, 4) is 0 Å². The zero-order valence-electron chi connectivity index (χ0n) is 19.5. The summed E-state index contributed by atoms with van der Waals surface area (Å²) in [5.74, 6) is 1.14. The highest BCUT2D eigenvalue weighted by Gasteiger charge is 2.29. The molecule has 0 aliphatic carbocycles. The van der Waals surface area contributed by atoms with Gasteiger partial charge >= 0.3 is 0 Å². The van der Waals surface area contributed by atoms with E-state index < -0.39 is 0 Å². The monoisotopic (exact) mass is 426 g/mol. The molecule has 3 rings (SSSR count). The maximum absolute atomic E-state index is 13.0. The third-order valence-electron chi connectivity index (χ3n) is 6.49. The lowest BCUT2D eigenvalue weighted by Gasteiger charge is -2.39. The predicted molar refractivity (Wildman–Crippen MR) is 126 cm³/mol. The van der Waals surface area contributed by atoms with E-state index in [0.29, 0.717) is 24.3 Å². The summed E-state index contributed by atoms with van der Waals surface area (Å²) in [5.41, 5.74) is 0.806. The molecule has 2 aromatic rings. The number of rotatable bonds is 10. The smallest absolute Gasteiger partial charge is 0.261 e. The molecule has 1 aromatic heterocycles. The van der Waals surface area contributed by atoms with Crippen LogP contribution in [0.5, 0.6) is 0 Å². The summed E-state index contributed by atoms with van der Waals surface area (Å²) in [7, 11) is 0. The maximum atomic E-state index is 13.0. The fraction of sp³-hybridized carbons (Fsp3) is 0.640. The largest absolute Gasteiger partial charge is 0.340 e. The summed E-state index contributed by atoms with van der Waals surface area (Å²) >= 11 is 0. The minimum Gasteiger partial charge on any atom is -0.340 e. The molecule has 0 saturated carbocycles. The normalized spacial score (nSPS) is 16.0. The van der Waals surface area contributed by atoms with Crippen LogP contribution in [0, 0.1) is 0 Å². The van der Waals surface area contributed by atoms with Crippen molar-refractivity contribution in [2.75, 3.05) is 26.2 Å². The summed E-state index contributed by atoms with van der Waals surface area (Å²) in [6.07, 6.45) is 7.43. The molecule has 1 saturated heterocycles. The molecule has 1 unspecified atom stereocenters. The van der Waals surface area contributed by atoms with E-state index in [2.05, 4.69) is 18.7 Å². The van der Waals surface area contributed by atoms with Crippen LogP contribution in [0.15, 0.2) is 29.1 Å². The highest BCUT2D eigenvalue weighted by Crippen LogP contribution is 2.25. The Morgan fingerprint density at radius 3 is 2.39 bits per heavy atom. The minimum absolute atomic E-state index is 0.0402. The van der Waals surface area contributed by atoms with Crippen LogP contribution in [0.2, 0.25) is 0 Å². The van der Waals surface area contributed by atoms with Crippen molar-refractivity contribution >= 4 is 16.8 Å². The second-order valence-electron chi connectivity index (χ2n) is 8.54. The summed E-state index contributed by atoms with van der Waals surface area (Å²) in [5, 5.41) is 0.678. The van der Waals surface area contributed by atoms with Gasteiger partial charge in [0, 0.05) is 39.1 Å². The third-order valence-corrected chi connectivity index (χ3v) is 6.49. The molecule has 1 aromatic carbocycles. The van der Waals surface area contributed by atoms with Gasteiger partial charge in [-0.15, -0.1) is 0 Å². The number of carbonyl (C=O) groups is 1. The first kappa shape index (κ1) is 23.5. The first-order valence-corrected chi connectivity index (χ1v) is 12.1. The number of benzene rings is 1. The van der Waals surface area contributed by atoms with E-state index in [0.717, 1.165) is 56.8 Å². The lowest BCUT2D eigenvalue weighted by Crippen LogP contribution is -2.50. The minimum atomic E-state index is 0.0402. The van der Waals surface area contributed by atoms with Crippen molar-refractivity contribution in [2.45, 2.75) is 78.3 Å². The lowest BCUT2D eigenvalue weighted by atomic mass is 10.1. The van der Waals surface area contributed by atoms with Gasteiger partial charge in [0.15, 0.2) is 0 Å². The number of fused-ring (bicyclic) bond motifs is 1. The van der Waals surface area contributed by atoms with Gasteiger partial charge in [0.25, 0.3) is 5.56 Å². The van der Waals surface area contributed by atoms with Crippen LogP contribution in [-0.2, 0) is 11.3 Å². The van der Waals surface area contributed by atoms with Crippen molar-refractivity contribution in [3.63, 3.8) is 0 Å². The Balaban J connectivity index is 1.67. The van der Waals surface area contributed by atoms with E-state index in [4.69, 9.17) is 4.98 Å². The average Bonchev–Trinajstić information content (AvgIpc) is 2.80. The lowest BCUT2D eigenvalue weighted by molar-refractivity contribution is -0.133. The Morgan fingerprint density at radius 1 is 1.00 bits per heavy atom. The van der Waals surface area contributed by atoms with Crippen molar-refractivity contribution in [1.29, 1.82) is 0 Å². The standard InChI is InChI=1S/C25H38N4O2/c1-4-7-8-9-10-15-23(30)28-18-16-27(17-19-28)22(5-2)24-26-21-14-12-11-13-20(21)25(31)29(24)6-3/h11-14,22H,4-10,15-19H2,1-3H3. The number of nitrogens with zero attached hydrogens (tertiary/aromatic N) is 4. The topological polar surface area (TPSA) is 58.4 Å². The summed E-state index contributed by atoms with van der Waals surface area (Å²) in [6, 6.07) is 7.69. The van der Waals surface area contributed by atoms with Crippen molar-refractivity contribution in [3.05, 3.63) is 40.4 Å². The molecule has 2 heterocycles. The Morgan fingerprint density at radius 2 is 1.71 bits per heavy atom. The molecule has 170 valence electrons. The number of hydrogen-bond acceptors (Lipinski definition) is 4. The van der Waals surface area contributed by atoms with Gasteiger partial charge in [0.1, 0.15) is 5.82 Å². The van der Waals surface area contributed by atoms with E-state index in [9.17, 15) is 9.59 Å². The fourth-order valence-electron chi connectivity index (χ4n) is 4.67. The van der Waals surface area contributed by atoms with Gasteiger partial charge in [-0.3, -0.25) is 19.1 Å². The van der Waals surface area contributed by atoms with Crippen molar-refractivity contribution < 1.29 is 4.79 Å². The third kappa shape index (κ3) is 5.53. The van der Waals surface area contributed by atoms with Gasteiger partial charge < -0.3 is 4.90 Å². The van der Waals surface area contributed by atoms with Crippen LogP contribution in [0.25, 0.3) is 10.9 Å². The summed E-state index contributed by atoms with van der Waals surface area (Å²) < 4.78 is 1.82. The molecule has 1 aliphatic rings. The van der Waals surface area contributed by atoms with Gasteiger partial charge in [0.05, 0.1) is 16.9 Å². The summed E-state index contributed by atoms with van der Waals surface area (Å²) in [4.78, 5) is 35.0. The molecule has 1 amide bonds. The SMILES string of the molecule is CCCCCCCC(=O)N1CCN(C(CC)c2nc3ccccc3c(=O)n2CC)CC1. The Hall–Kier alpha value is -2.21. The number of amides is 1. The molecule has 0 bridgehead atoms. The van der Waals surface area contributed by atoms with Crippen LogP contribution >= 0.6 is 0 Å². The number of unbranched alkanes of at least 4 members (excludes halogenated alkanes) is 4. The zero-order chi connectivity index (χ0) is 22.2. The number of piperazine rings is 1. The van der Waals surface area contributed by atoms with Crippen LogP contribution in [0.3, 0.4) is 0 Å². The number of aromatic nitrogens is 2. The molecule has 1 aliphatic heterocycles. The van der Waals surface area contributed by atoms with E-state index >= 15 is 0 Å². The van der Waals surface area contributed by atoms with Crippen LogP contribution in [0.1, 0.15) is 77.6 Å². The zero-order valence-corrected chi connectivity index (χ0v) is 19.5. The van der Waals surface area contributed by atoms with Crippen LogP contribution in [-0.4, -0.2) is 51.4 Å². The molecular weight excluding hydrogens is 388 g/mol. The summed E-state index contributed by atoms with van der Waals surface area (Å²) in [6.45, 7) is 10.1. The molecule has 0 radical (unpaired) electrons. The van der Waals surface area contributed by atoms with Crippen LogP contribution < -0.4 is 5.56 Å². The highest BCUT2D eigenvalue weighted by molar-refractivity contribution is 5.77. The molecule has 0 spiro atoms. The molecule has 6 heteroatoms. The Labute approximate surface area is 186 Å². The second-order valence-corrected chi connectivity index (χ2v) is 8.54. The number of carbonyl (C=O) groups excluding carboxylic acids is 1. The highest BCUT2D eigenvalue weighted by atomic mass is 16.2. The van der Waals surface area contributed by atoms with Gasteiger partial charge in [-0.25, -0.2) is 4.98 Å². The van der Waals surface area contributed by atoms with E-state index in [1.54, 1.807) is 0 Å². The van der Waals surface area contributed by atoms with Gasteiger partial charge in [-0.1, -0.05) is 51.7 Å². The van der Waals surface area contributed by atoms with E-state index in [-0.39, 0.29) is 11.6 Å². The number of para-hydroxylation sites is 1. The fourth-order valence-corrected chi connectivity index (χ4v) is 4.67. The first-order chi connectivity index (χ1) is 15.1. The maximum Gasteiger partial charge on any atom is 0.261 e. The molecule has 0 N–H and O–H groups in total. The number of hydrogen-bond donors (Lipinski definition) is 0. The van der Waals surface area contributed by atoms with Crippen molar-refractivity contribution in [1.82, 2.24) is 19.4 Å².